The Bertz CT molecular complexity index is 882. The highest BCUT2D eigenvalue weighted by Crippen LogP contribution is 2.42. The topological polar surface area (TPSA) is 152 Å². The van der Waals surface area contributed by atoms with Crippen LogP contribution in [0.15, 0.2) is 16.3 Å². The minimum absolute atomic E-state index is 0.00867. The number of fused-ring (bicyclic) bond motifs is 1. The van der Waals surface area contributed by atoms with Gasteiger partial charge < -0.3 is 15.6 Å². The van der Waals surface area contributed by atoms with Crippen molar-refractivity contribution in [2.45, 2.75) is 55.5 Å². The van der Waals surface area contributed by atoms with E-state index in [1.54, 1.807) is 6.92 Å². The number of β-lactam (4-membered cyclic amide) rings is 1. The first-order valence-corrected chi connectivity index (χ1v) is 11.7. The van der Waals surface area contributed by atoms with E-state index in [-0.39, 0.29) is 29.6 Å². The van der Waals surface area contributed by atoms with E-state index in [0.717, 1.165) is 0 Å². The van der Waals surface area contributed by atoms with Crippen LogP contribution in [-0.4, -0.2) is 72.8 Å². The van der Waals surface area contributed by atoms with Crippen LogP contribution in [0.25, 0.3) is 0 Å². The predicted molar refractivity (Wildman–Crippen MR) is 112 cm³/mol. The normalized spacial score (nSPS) is 21.3. The average Bonchev–Trinajstić information content (AvgIpc) is 3.21. The van der Waals surface area contributed by atoms with Gasteiger partial charge in [-0.2, -0.15) is 10.3 Å². The molecular weight excluding hydrogens is 430 g/mol. The summed E-state index contributed by atoms with van der Waals surface area (Å²) in [7, 11) is 0. The van der Waals surface area contributed by atoms with Crippen LogP contribution in [0.4, 0.5) is 0 Å². The molecule has 1 saturated heterocycles. The average molecular weight is 456 g/mol. The molecule has 2 atom stereocenters. The number of hydrogen-bond acceptors (Lipinski definition) is 9. The Morgan fingerprint density at radius 1 is 1.37 bits per heavy atom. The molecule has 1 unspecified atom stereocenters. The monoisotopic (exact) mass is 455 g/mol. The number of aliphatic carboxylic acids is 1. The molecule has 0 aromatic carbocycles. The van der Waals surface area contributed by atoms with E-state index in [1.807, 2.05) is 13.8 Å². The molecule has 12 heteroatoms. The fraction of sp³-hybridized carbons (Fsp3) is 0.611. The van der Waals surface area contributed by atoms with E-state index in [4.69, 9.17) is 10.5 Å². The summed E-state index contributed by atoms with van der Waals surface area (Å²) in [6.07, 6.45) is 0.979. The molecule has 0 aliphatic carbocycles. The lowest BCUT2D eigenvalue weighted by atomic mass is 9.79. The number of hydrogen-bond donors (Lipinski definition) is 3. The number of carboxylic acids is 1. The lowest BCUT2D eigenvalue weighted by molar-refractivity contribution is -0.151. The largest absolute Gasteiger partial charge is 0.477 e. The molecule has 1 aromatic rings. The van der Waals surface area contributed by atoms with Gasteiger partial charge in [-0.1, -0.05) is 25.6 Å². The zero-order valence-electron chi connectivity index (χ0n) is 17.0. The zero-order chi connectivity index (χ0) is 22.1. The van der Waals surface area contributed by atoms with Gasteiger partial charge in [-0.05, 0) is 25.3 Å². The summed E-state index contributed by atoms with van der Waals surface area (Å²) in [5.74, 6) is -1.14. The van der Waals surface area contributed by atoms with Crippen LogP contribution in [0.3, 0.4) is 0 Å². The lowest BCUT2D eigenvalue weighted by Gasteiger charge is -2.48. The molecule has 10 nitrogen and oxygen atoms in total. The predicted octanol–water partition coefficient (Wildman–Crippen LogP) is 1.10. The van der Waals surface area contributed by atoms with Gasteiger partial charge in [0, 0.05) is 11.5 Å². The fourth-order valence-electron chi connectivity index (χ4n) is 3.72. The molecular formula is C18H25N5O5S2. The smallest absolute Gasteiger partial charge is 0.352 e. The first kappa shape index (κ1) is 22.6. The molecule has 164 valence electrons. The Kier molecular flexibility index (Phi) is 6.78. The summed E-state index contributed by atoms with van der Waals surface area (Å²) in [6, 6.07) is -0.667. The van der Waals surface area contributed by atoms with Gasteiger partial charge in [0.25, 0.3) is 0 Å². The molecule has 0 bridgehead atoms. The summed E-state index contributed by atoms with van der Waals surface area (Å²) in [5.41, 5.74) is 5.96. The van der Waals surface area contributed by atoms with Gasteiger partial charge in [-0.3, -0.25) is 14.5 Å². The van der Waals surface area contributed by atoms with E-state index in [2.05, 4.69) is 15.4 Å². The molecule has 1 amide bonds. The number of nitrogens with two attached hydrogens (primary N) is 1. The second kappa shape index (κ2) is 8.98. The molecule has 2 aliphatic heterocycles. The number of nitrogens with zero attached hydrogens (tertiary/aromatic N) is 3. The van der Waals surface area contributed by atoms with E-state index in [0.29, 0.717) is 40.6 Å². The van der Waals surface area contributed by atoms with Gasteiger partial charge in [0.15, 0.2) is 0 Å². The summed E-state index contributed by atoms with van der Waals surface area (Å²) in [6.45, 7) is 5.81. The second-order valence-corrected chi connectivity index (χ2v) is 9.04. The first-order valence-electron chi connectivity index (χ1n) is 9.69. The van der Waals surface area contributed by atoms with Crippen molar-refractivity contribution in [3.63, 3.8) is 0 Å². The summed E-state index contributed by atoms with van der Waals surface area (Å²) in [5, 5.41) is 20.9. The Hall–Kier alpha value is -2.05. The highest BCUT2D eigenvalue weighted by Gasteiger charge is 2.51. The van der Waals surface area contributed by atoms with Crippen molar-refractivity contribution in [3.8, 4) is 0 Å². The quantitative estimate of drug-likeness (QED) is 0.280. The number of nitrogens with one attached hydrogen (secondary N) is 1. The Balaban J connectivity index is 1.87. The molecule has 1 fully saturated rings. The van der Waals surface area contributed by atoms with Crippen LogP contribution >= 0.6 is 23.5 Å². The van der Waals surface area contributed by atoms with E-state index < -0.39 is 17.4 Å². The van der Waals surface area contributed by atoms with Gasteiger partial charge >= 0.3 is 11.9 Å². The summed E-state index contributed by atoms with van der Waals surface area (Å²) in [4.78, 5) is 37.9. The van der Waals surface area contributed by atoms with Crippen molar-refractivity contribution in [1.29, 1.82) is 0 Å². The van der Waals surface area contributed by atoms with Crippen molar-refractivity contribution >= 4 is 41.4 Å². The summed E-state index contributed by atoms with van der Waals surface area (Å²) < 4.78 is 5.29. The minimum atomic E-state index is -1.15. The van der Waals surface area contributed by atoms with Gasteiger partial charge in [0.2, 0.25) is 5.91 Å². The zero-order valence-corrected chi connectivity index (χ0v) is 18.6. The second-order valence-electron chi connectivity index (χ2n) is 6.97. The van der Waals surface area contributed by atoms with Gasteiger partial charge in [0.05, 0.1) is 6.61 Å². The third kappa shape index (κ3) is 3.60. The Labute approximate surface area is 182 Å². The van der Waals surface area contributed by atoms with E-state index >= 15 is 0 Å². The molecule has 2 aliphatic rings. The van der Waals surface area contributed by atoms with E-state index in [1.165, 1.54) is 28.4 Å². The maximum Gasteiger partial charge on any atom is 0.352 e. The van der Waals surface area contributed by atoms with Crippen LogP contribution in [-0.2, 0) is 24.5 Å². The highest BCUT2D eigenvalue weighted by molar-refractivity contribution is 8.01. The molecule has 3 rings (SSSR count). The Morgan fingerprint density at radius 2 is 2.07 bits per heavy atom. The maximum atomic E-state index is 12.7. The van der Waals surface area contributed by atoms with Gasteiger partial charge in [0.1, 0.15) is 33.2 Å². The highest BCUT2D eigenvalue weighted by atomic mass is 32.2. The number of rotatable bonds is 9. The van der Waals surface area contributed by atoms with Crippen molar-refractivity contribution in [2.24, 2.45) is 5.73 Å². The van der Waals surface area contributed by atoms with Crippen LogP contribution in [0.5, 0.6) is 0 Å². The van der Waals surface area contributed by atoms with Crippen molar-refractivity contribution in [2.75, 3.05) is 18.1 Å². The van der Waals surface area contributed by atoms with Gasteiger partial charge in [-0.15, -0.1) is 16.9 Å². The minimum Gasteiger partial charge on any atom is -0.477 e. The van der Waals surface area contributed by atoms with Crippen LogP contribution in [0, 0.1) is 0 Å². The maximum absolute atomic E-state index is 12.7. The number of carboxylic acid groups (broad SMARTS) is 1. The number of aromatic nitrogens is 3. The molecule has 3 heterocycles. The molecule has 30 heavy (non-hydrogen) atoms. The van der Waals surface area contributed by atoms with Crippen LogP contribution in [0.2, 0.25) is 0 Å². The number of thioether (sulfide) groups is 2. The number of carbonyl (C=O) groups excluding carboxylic acids is 2. The first-order chi connectivity index (χ1) is 14.3. The molecule has 1 aromatic heterocycles. The lowest BCUT2D eigenvalue weighted by Crippen LogP contribution is -2.68. The third-order valence-electron chi connectivity index (χ3n) is 5.52. The number of esters is 1. The van der Waals surface area contributed by atoms with Gasteiger partial charge in [-0.25, -0.2) is 4.79 Å². The Morgan fingerprint density at radius 3 is 2.67 bits per heavy atom. The number of aromatic amines is 1. The molecule has 4 N–H and O–H groups in total. The summed E-state index contributed by atoms with van der Waals surface area (Å²) >= 11 is 2.74. The van der Waals surface area contributed by atoms with Crippen LogP contribution in [0.1, 0.15) is 39.3 Å². The van der Waals surface area contributed by atoms with Crippen molar-refractivity contribution < 1.29 is 24.2 Å². The molecule has 0 radical (unpaired) electrons. The number of H-pyrrole nitrogens is 1. The molecule has 0 saturated carbocycles. The number of amides is 1. The fourth-order valence-corrected chi connectivity index (χ4v) is 6.17. The number of carbonyl (C=O) groups is 3. The number of ether oxygens (including phenoxy) is 1. The SMILES string of the molecule is CCOC(=O)C(CC)(CC)c1n[nH]nc1SCC1=C(C(=O)O)N2C(=O)C(N)[C@H]2SC1. The molecule has 0 spiro atoms. The standard InChI is InChI=1S/C18H25N5O5S2/c1-4-18(5-2,17(27)28-6-3)12-13(21-22-20-12)29-7-9-8-30-15-10(19)14(24)23(15)11(9)16(25)26/h10,15H,4-8,19H2,1-3H3,(H,25,26)(H,20,21,22)/t10?,15-/m1/s1. The van der Waals surface area contributed by atoms with E-state index in [9.17, 15) is 19.5 Å². The third-order valence-corrected chi connectivity index (χ3v) is 7.93. The van der Waals surface area contributed by atoms with Crippen molar-refractivity contribution in [3.05, 3.63) is 17.0 Å². The van der Waals surface area contributed by atoms with Crippen molar-refractivity contribution in [1.82, 2.24) is 20.3 Å². The van der Waals surface area contributed by atoms with Crippen LogP contribution < -0.4 is 5.73 Å².